The Labute approximate surface area is 196 Å². The largest absolute Gasteiger partial charge is 0.493 e. The molecular weight excluding hydrogens is 410 g/mol. The first kappa shape index (κ1) is 21.7. The van der Waals surface area contributed by atoms with Crippen LogP contribution in [0.25, 0.3) is 11.1 Å². The number of aldehydes is 1. The minimum absolute atomic E-state index is 0.130. The SMILES string of the molecule is COc1ccc(-c2ccc(CN3CCC(C=O)C3)cc2C)cc1OC1Cc2ccccc2C1. The van der Waals surface area contributed by atoms with Crippen LogP contribution in [0, 0.1) is 12.8 Å². The molecule has 5 rings (SSSR count). The fraction of sp³-hybridized carbons (Fsp3) is 0.345. The predicted molar refractivity (Wildman–Crippen MR) is 131 cm³/mol. The number of likely N-dealkylation sites (tertiary alicyclic amines) is 1. The van der Waals surface area contributed by atoms with Gasteiger partial charge >= 0.3 is 0 Å². The summed E-state index contributed by atoms with van der Waals surface area (Å²) in [5.41, 5.74) is 7.61. The first-order valence-corrected chi connectivity index (χ1v) is 11.8. The van der Waals surface area contributed by atoms with E-state index in [2.05, 4.69) is 66.4 Å². The molecule has 0 saturated carbocycles. The number of carbonyl (C=O) groups excluding carboxylic acids is 1. The number of ether oxygens (including phenoxy) is 2. The van der Waals surface area contributed by atoms with E-state index in [9.17, 15) is 4.79 Å². The third-order valence-electron chi connectivity index (χ3n) is 6.98. The maximum Gasteiger partial charge on any atom is 0.162 e. The van der Waals surface area contributed by atoms with E-state index < -0.39 is 0 Å². The number of hydrogen-bond acceptors (Lipinski definition) is 4. The van der Waals surface area contributed by atoms with Crippen molar-refractivity contribution in [2.75, 3.05) is 20.2 Å². The Balaban J connectivity index is 1.33. The monoisotopic (exact) mass is 441 g/mol. The zero-order valence-electron chi connectivity index (χ0n) is 19.4. The summed E-state index contributed by atoms with van der Waals surface area (Å²) in [5.74, 6) is 1.76. The standard InChI is InChI=1S/C29H31NO3/c1-20-13-21(17-30-12-11-22(18-30)19-31)7-9-27(20)25-8-10-28(32-2)29(16-25)33-26-14-23-5-3-4-6-24(23)15-26/h3-10,13,16,19,22,26H,11-12,14-15,17-18H2,1-2H3. The second-order valence-corrected chi connectivity index (χ2v) is 9.35. The van der Waals surface area contributed by atoms with Crippen LogP contribution in [-0.2, 0) is 24.2 Å². The molecule has 0 radical (unpaired) electrons. The van der Waals surface area contributed by atoms with Crippen LogP contribution in [-0.4, -0.2) is 37.5 Å². The number of nitrogens with zero attached hydrogens (tertiary/aromatic N) is 1. The first-order chi connectivity index (χ1) is 16.1. The van der Waals surface area contributed by atoms with Crippen molar-refractivity contribution in [2.24, 2.45) is 5.92 Å². The molecule has 2 aliphatic rings. The Hall–Kier alpha value is -3.11. The van der Waals surface area contributed by atoms with Crippen molar-refractivity contribution in [3.8, 4) is 22.6 Å². The molecule has 1 heterocycles. The number of hydrogen-bond donors (Lipinski definition) is 0. The van der Waals surface area contributed by atoms with Gasteiger partial charge in [-0.2, -0.15) is 0 Å². The van der Waals surface area contributed by atoms with E-state index in [1.807, 2.05) is 6.07 Å². The van der Waals surface area contributed by atoms with Crippen molar-refractivity contribution >= 4 is 6.29 Å². The van der Waals surface area contributed by atoms with Crippen LogP contribution in [0.5, 0.6) is 11.5 Å². The lowest BCUT2D eigenvalue weighted by atomic mass is 9.98. The van der Waals surface area contributed by atoms with Crippen molar-refractivity contribution in [3.05, 3.63) is 82.9 Å². The Kier molecular flexibility index (Phi) is 6.19. The van der Waals surface area contributed by atoms with Crippen LogP contribution in [0.4, 0.5) is 0 Å². The number of methoxy groups -OCH3 is 1. The Morgan fingerprint density at radius 1 is 1.00 bits per heavy atom. The van der Waals surface area contributed by atoms with Crippen LogP contribution >= 0.6 is 0 Å². The van der Waals surface area contributed by atoms with E-state index in [0.717, 1.165) is 62.2 Å². The molecule has 4 heteroatoms. The number of fused-ring (bicyclic) bond motifs is 1. The van der Waals surface area contributed by atoms with Crippen molar-refractivity contribution in [2.45, 2.75) is 38.8 Å². The summed E-state index contributed by atoms with van der Waals surface area (Å²) in [7, 11) is 1.69. The molecule has 1 unspecified atom stereocenters. The van der Waals surface area contributed by atoms with Gasteiger partial charge in [-0.05, 0) is 65.4 Å². The van der Waals surface area contributed by atoms with Crippen LogP contribution in [0.1, 0.15) is 28.7 Å². The molecule has 3 aromatic rings. The summed E-state index contributed by atoms with van der Waals surface area (Å²) in [4.78, 5) is 13.4. The predicted octanol–water partition coefficient (Wildman–Crippen LogP) is 5.24. The van der Waals surface area contributed by atoms with Crippen LogP contribution in [0.2, 0.25) is 0 Å². The average molecular weight is 442 g/mol. The topological polar surface area (TPSA) is 38.8 Å². The van der Waals surface area contributed by atoms with Crippen LogP contribution in [0.3, 0.4) is 0 Å². The summed E-state index contributed by atoms with van der Waals surface area (Å²) in [6, 6.07) is 21.5. The lowest BCUT2D eigenvalue weighted by Crippen LogP contribution is -2.20. The van der Waals surface area contributed by atoms with Gasteiger partial charge in [0.25, 0.3) is 0 Å². The van der Waals surface area contributed by atoms with Gasteiger partial charge in [-0.25, -0.2) is 0 Å². The lowest BCUT2D eigenvalue weighted by Gasteiger charge is -2.18. The van der Waals surface area contributed by atoms with Crippen molar-refractivity contribution < 1.29 is 14.3 Å². The van der Waals surface area contributed by atoms with Gasteiger partial charge in [0.2, 0.25) is 0 Å². The number of carbonyl (C=O) groups is 1. The fourth-order valence-corrected chi connectivity index (χ4v) is 5.24. The Morgan fingerprint density at radius 2 is 1.79 bits per heavy atom. The molecule has 33 heavy (non-hydrogen) atoms. The molecule has 1 aliphatic heterocycles. The summed E-state index contributed by atoms with van der Waals surface area (Å²) >= 11 is 0. The molecule has 0 N–H and O–H groups in total. The summed E-state index contributed by atoms with van der Waals surface area (Å²) < 4.78 is 12.1. The molecule has 1 atom stereocenters. The van der Waals surface area contributed by atoms with Gasteiger partial charge < -0.3 is 14.3 Å². The third-order valence-corrected chi connectivity index (χ3v) is 6.98. The number of rotatable bonds is 7. The minimum atomic E-state index is 0.130. The highest BCUT2D eigenvalue weighted by Crippen LogP contribution is 2.36. The van der Waals surface area contributed by atoms with E-state index in [0.29, 0.717) is 0 Å². The van der Waals surface area contributed by atoms with E-state index in [-0.39, 0.29) is 12.0 Å². The Morgan fingerprint density at radius 3 is 2.45 bits per heavy atom. The molecule has 0 aromatic heterocycles. The molecule has 0 bridgehead atoms. The molecule has 3 aromatic carbocycles. The summed E-state index contributed by atoms with van der Waals surface area (Å²) in [6.07, 6.45) is 4.06. The minimum Gasteiger partial charge on any atom is -0.493 e. The maximum atomic E-state index is 11.1. The van der Waals surface area contributed by atoms with Crippen LogP contribution < -0.4 is 9.47 Å². The van der Waals surface area contributed by atoms with Gasteiger partial charge in [-0.1, -0.05) is 48.5 Å². The zero-order chi connectivity index (χ0) is 22.8. The average Bonchev–Trinajstić information content (AvgIpc) is 3.45. The van der Waals surface area contributed by atoms with E-state index in [1.165, 1.54) is 27.8 Å². The van der Waals surface area contributed by atoms with Gasteiger partial charge in [0.05, 0.1) is 7.11 Å². The van der Waals surface area contributed by atoms with Gasteiger partial charge in [-0.15, -0.1) is 0 Å². The molecule has 170 valence electrons. The lowest BCUT2D eigenvalue weighted by molar-refractivity contribution is -0.110. The summed E-state index contributed by atoms with van der Waals surface area (Å²) in [5, 5.41) is 0. The molecule has 4 nitrogen and oxygen atoms in total. The molecule has 1 fully saturated rings. The van der Waals surface area contributed by atoms with Crippen molar-refractivity contribution in [1.82, 2.24) is 4.90 Å². The van der Waals surface area contributed by atoms with E-state index in [4.69, 9.17) is 9.47 Å². The first-order valence-electron chi connectivity index (χ1n) is 11.8. The highest BCUT2D eigenvalue weighted by molar-refractivity contribution is 5.70. The van der Waals surface area contributed by atoms with Gasteiger partial charge in [0.1, 0.15) is 12.4 Å². The molecule has 0 spiro atoms. The molecule has 1 aliphatic carbocycles. The number of benzene rings is 3. The van der Waals surface area contributed by atoms with Gasteiger partial charge in [0, 0.05) is 31.8 Å². The van der Waals surface area contributed by atoms with Crippen molar-refractivity contribution in [1.29, 1.82) is 0 Å². The number of aryl methyl sites for hydroxylation is 1. The van der Waals surface area contributed by atoms with Crippen molar-refractivity contribution in [3.63, 3.8) is 0 Å². The molecule has 1 saturated heterocycles. The second kappa shape index (κ2) is 9.40. The smallest absolute Gasteiger partial charge is 0.162 e. The maximum absolute atomic E-state index is 11.1. The van der Waals surface area contributed by atoms with E-state index >= 15 is 0 Å². The van der Waals surface area contributed by atoms with Crippen LogP contribution in [0.15, 0.2) is 60.7 Å². The van der Waals surface area contributed by atoms with E-state index in [1.54, 1.807) is 7.11 Å². The molecular formula is C29H31NO3. The molecule has 0 amide bonds. The normalized spacial score (nSPS) is 18.3. The highest BCUT2D eigenvalue weighted by atomic mass is 16.5. The third kappa shape index (κ3) is 4.67. The van der Waals surface area contributed by atoms with Gasteiger partial charge in [0.15, 0.2) is 11.5 Å². The quantitative estimate of drug-likeness (QED) is 0.470. The second-order valence-electron chi connectivity index (χ2n) is 9.35. The summed E-state index contributed by atoms with van der Waals surface area (Å²) in [6.45, 7) is 4.92. The zero-order valence-corrected chi connectivity index (χ0v) is 19.4. The Bertz CT molecular complexity index is 1130. The van der Waals surface area contributed by atoms with Gasteiger partial charge in [-0.3, -0.25) is 4.90 Å². The highest BCUT2D eigenvalue weighted by Gasteiger charge is 2.24. The fourth-order valence-electron chi connectivity index (χ4n) is 5.24.